The predicted octanol–water partition coefficient (Wildman–Crippen LogP) is 3.04. The largest absolute Gasteiger partial charge is 0.383 e. The van der Waals surface area contributed by atoms with Gasteiger partial charge in [0.15, 0.2) is 0 Å². The van der Waals surface area contributed by atoms with Crippen LogP contribution in [0, 0.1) is 16.7 Å². The number of thiophene rings is 1. The minimum Gasteiger partial charge on any atom is -0.383 e. The molecular formula is C15H15NO2S. The van der Waals surface area contributed by atoms with Gasteiger partial charge in [-0.1, -0.05) is 18.2 Å². The van der Waals surface area contributed by atoms with Crippen molar-refractivity contribution in [2.45, 2.75) is 18.9 Å². The molecule has 0 spiro atoms. The maximum Gasteiger partial charge on any atom is 0.117 e. The highest BCUT2D eigenvalue weighted by Crippen LogP contribution is 2.48. The number of hydrogen-bond donors (Lipinski definition) is 1. The van der Waals surface area contributed by atoms with Crippen molar-refractivity contribution in [1.29, 1.82) is 5.26 Å². The third-order valence-corrected chi connectivity index (χ3v) is 5.40. The van der Waals surface area contributed by atoms with Crippen molar-refractivity contribution >= 4 is 21.4 Å². The molecule has 0 saturated carbocycles. The fraction of sp³-hybridized carbons (Fsp3) is 0.400. The molecule has 19 heavy (non-hydrogen) atoms. The zero-order chi connectivity index (χ0) is 13.5. The summed E-state index contributed by atoms with van der Waals surface area (Å²) >= 11 is 1.55. The first-order valence-electron chi connectivity index (χ1n) is 6.29. The molecular weight excluding hydrogens is 258 g/mol. The number of nitrogens with zero attached hydrogens (tertiary/aromatic N) is 1. The van der Waals surface area contributed by atoms with E-state index in [2.05, 4.69) is 6.07 Å². The summed E-state index contributed by atoms with van der Waals surface area (Å²) < 4.78 is 6.48. The second kappa shape index (κ2) is 4.31. The molecule has 1 aliphatic rings. The summed E-state index contributed by atoms with van der Waals surface area (Å²) in [5, 5.41) is 21.6. The number of ether oxygens (including phenoxy) is 1. The molecule has 2 unspecified atom stereocenters. The molecule has 1 aromatic heterocycles. The molecule has 2 heterocycles. The molecule has 2 atom stereocenters. The first-order chi connectivity index (χ1) is 9.09. The van der Waals surface area contributed by atoms with Crippen LogP contribution in [0.5, 0.6) is 0 Å². The summed E-state index contributed by atoms with van der Waals surface area (Å²) in [6, 6.07) is 12.3. The normalized spacial score (nSPS) is 26.2. The topological polar surface area (TPSA) is 53.2 Å². The molecule has 1 aromatic carbocycles. The van der Waals surface area contributed by atoms with Gasteiger partial charge in [-0.05, 0) is 30.9 Å². The Morgan fingerprint density at radius 2 is 2.26 bits per heavy atom. The predicted molar refractivity (Wildman–Crippen MR) is 74.9 cm³/mol. The Balaban J connectivity index is 2.11. The number of rotatable bonds is 2. The van der Waals surface area contributed by atoms with E-state index in [1.54, 1.807) is 18.3 Å². The Morgan fingerprint density at radius 1 is 1.47 bits per heavy atom. The van der Waals surface area contributed by atoms with Gasteiger partial charge in [0.25, 0.3) is 0 Å². The molecule has 1 saturated heterocycles. The molecule has 98 valence electrons. The maximum absolute atomic E-state index is 10.9. The van der Waals surface area contributed by atoms with Crippen LogP contribution in [-0.4, -0.2) is 18.3 Å². The Labute approximate surface area is 116 Å². The lowest BCUT2D eigenvalue weighted by molar-refractivity contribution is -0.0450. The van der Waals surface area contributed by atoms with Gasteiger partial charge < -0.3 is 9.84 Å². The van der Waals surface area contributed by atoms with Crippen LogP contribution in [0.15, 0.2) is 30.3 Å². The van der Waals surface area contributed by atoms with E-state index in [0.29, 0.717) is 19.6 Å². The van der Waals surface area contributed by atoms with Gasteiger partial charge in [0, 0.05) is 16.2 Å². The van der Waals surface area contributed by atoms with Crippen LogP contribution in [0.2, 0.25) is 0 Å². The molecule has 1 N–H and O–H groups in total. The van der Waals surface area contributed by atoms with Gasteiger partial charge in [0.05, 0.1) is 12.7 Å². The second-order valence-electron chi connectivity index (χ2n) is 5.22. The lowest BCUT2D eigenvalue weighted by atomic mass is 9.72. The number of fused-ring (bicyclic) bond motifs is 1. The van der Waals surface area contributed by atoms with E-state index >= 15 is 0 Å². The molecule has 2 aromatic rings. The van der Waals surface area contributed by atoms with Crippen molar-refractivity contribution in [2.75, 3.05) is 13.2 Å². The Hall–Kier alpha value is -1.41. The molecule has 3 nitrogen and oxygen atoms in total. The van der Waals surface area contributed by atoms with Crippen molar-refractivity contribution in [1.82, 2.24) is 0 Å². The summed E-state index contributed by atoms with van der Waals surface area (Å²) in [6.45, 7) is 2.56. The van der Waals surface area contributed by atoms with E-state index < -0.39 is 11.0 Å². The van der Waals surface area contributed by atoms with Crippen molar-refractivity contribution in [3.8, 4) is 6.07 Å². The monoisotopic (exact) mass is 273 g/mol. The van der Waals surface area contributed by atoms with Crippen molar-refractivity contribution in [3.05, 3.63) is 35.2 Å². The average Bonchev–Trinajstić information content (AvgIpc) is 3.06. The van der Waals surface area contributed by atoms with E-state index in [-0.39, 0.29) is 0 Å². The molecule has 0 bridgehead atoms. The average molecular weight is 273 g/mol. The molecule has 0 aliphatic carbocycles. The fourth-order valence-corrected chi connectivity index (χ4v) is 3.81. The van der Waals surface area contributed by atoms with E-state index in [1.165, 1.54) is 0 Å². The number of benzene rings is 1. The van der Waals surface area contributed by atoms with Crippen LogP contribution >= 0.6 is 11.3 Å². The van der Waals surface area contributed by atoms with E-state index in [1.807, 2.05) is 30.3 Å². The fourth-order valence-electron chi connectivity index (χ4n) is 2.60. The van der Waals surface area contributed by atoms with Crippen LogP contribution in [0.4, 0.5) is 0 Å². The molecule has 1 aliphatic heterocycles. The molecule has 0 amide bonds. The van der Waals surface area contributed by atoms with Gasteiger partial charge in [-0.15, -0.1) is 11.3 Å². The van der Waals surface area contributed by atoms with E-state index in [4.69, 9.17) is 4.74 Å². The highest BCUT2D eigenvalue weighted by atomic mass is 32.1. The van der Waals surface area contributed by atoms with Crippen LogP contribution < -0.4 is 0 Å². The van der Waals surface area contributed by atoms with Gasteiger partial charge in [-0.2, -0.15) is 5.26 Å². The van der Waals surface area contributed by atoms with E-state index in [0.717, 1.165) is 15.0 Å². The van der Waals surface area contributed by atoms with Gasteiger partial charge in [0.2, 0.25) is 0 Å². The first-order valence-corrected chi connectivity index (χ1v) is 7.11. The third kappa shape index (κ3) is 1.78. The summed E-state index contributed by atoms with van der Waals surface area (Å²) in [6.07, 6.45) is 0.574. The van der Waals surface area contributed by atoms with Crippen LogP contribution in [-0.2, 0) is 10.3 Å². The van der Waals surface area contributed by atoms with Crippen LogP contribution in [0.25, 0.3) is 10.1 Å². The van der Waals surface area contributed by atoms with Gasteiger partial charge >= 0.3 is 0 Å². The summed E-state index contributed by atoms with van der Waals surface area (Å²) in [5.74, 6) is 0. The molecule has 3 rings (SSSR count). The lowest BCUT2D eigenvalue weighted by Crippen LogP contribution is -2.42. The lowest BCUT2D eigenvalue weighted by Gasteiger charge is -2.35. The van der Waals surface area contributed by atoms with Gasteiger partial charge in [0.1, 0.15) is 11.0 Å². The zero-order valence-electron chi connectivity index (χ0n) is 10.7. The smallest absolute Gasteiger partial charge is 0.117 e. The molecule has 4 heteroatoms. The van der Waals surface area contributed by atoms with Crippen LogP contribution in [0.3, 0.4) is 0 Å². The van der Waals surface area contributed by atoms with E-state index in [9.17, 15) is 10.4 Å². The maximum atomic E-state index is 10.9. The second-order valence-corrected chi connectivity index (χ2v) is 6.30. The number of nitriles is 1. The van der Waals surface area contributed by atoms with Gasteiger partial charge in [-0.3, -0.25) is 0 Å². The first kappa shape index (κ1) is 12.6. The minimum absolute atomic E-state index is 0.296. The van der Waals surface area contributed by atoms with Gasteiger partial charge in [-0.25, -0.2) is 0 Å². The highest BCUT2D eigenvalue weighted by Gasteiger charge is 2.52. The molecule has 0 radical (unpaired) electrons. The Bertz CT molecular complexity index is 614. The summed E-state index contributed by atoms with van der Waals surface area (Å²) in [7, 11) is 0. The SMILES string of the molecule is CC(O)(c1cc2ccccc2s1)C1(C#N)CCOC1. The summed E-state index contributed by atoms with van der Waals surface area (Å²) in [4.78, 5) is 0.834. The van der Waals surface area contributed by atoms with Crippen molar-refractivity contribution < 1.29 is 9.84 Å². The number of aliphatic hydroxyl groups is 1. The zero-order valence-corrected chi connectivity index (χ0v) is 11.5. The van der Waals surface area contributed by atoms with Crippen molar-refractivity contribution in [2.24, 2.45) is 5.41 Å². The Kier molecular flexibility index (Phi) is 2.86. The Morgan fingerprint density at radius 3 is 2.89 bits per heavy atom. The molecule has 1 fully saturated rings. The summed E-state index contributed by atoms with van der Waals surface area (Å²) in [5.41, 5.74) is -2.02. The minimum atomic E-state index is -1.18. The quantitative estimate of drug-likeness (QED) is 0.915. The van der Waals surface area contributed by atoms with Crippen LogP contribution in [0.1, 0.15) is 18.2 Å². The highest BCUT2D eigenvalue weighted by molar-refractivity contribution is 7.19. The van der Waals surface area contributed by atoms with Crippen molar-refractivity contribution in [3.63, 3.8) is 0 Å². The number of hydrogen-bond acceptors (Lipinski definition) is 4. The third-order valence-electron chi connectivity index (χ3n) is 4.07. The standard InChI is InChI=1S/C15H15NO2S/c1-14(17,15(9-16)6-7-18-10-15)13-8-11-4-2-3-5-12(11)19-13/h2-5,8,17H,6-7,10H2,1H3.